The highest BCUT2D eigenvalue weighted by atomic mass is 79.9. The average molecular weight is 298 g/mol. The predicted octanol–water partition coefficient (Wildman–Crippen LogP) is 2.59. The maximum Gasteiger partial charge on any atom is 0.417 e. The molecule has 0 spiro atoms. The zero-order chi connectivity index (χ0) is 11.8. The van der Waals surface area contributed by atoms with Crippen LogP contribution in [0.1, 0.15) is 16.8 Å². The van der Waals surface area contributed by atoms with Gasteiger partial charge < -0.3 is 9.15 Å². The van der Waals surface area contributed by atoms with Gasteiger partial charge in [0.05, 0.1) is 12.1 Å². The molecule has 1 N–H and O–H groups in total. The van der Waals surface area contributed by atoms with Crippen molar-refractivity contribution in [3.8, 4) is 0 Å². The van der Waals surface area contributed by atoms with Crippen molar-refractivity contribution in [3.63, 3.8) is 0 Å². The molecule has 90 valence electrons. The molecule has 0 aliphatic carbocycles. The summed E-state index contributed by atoms with van der Waals surface area (Å²) in [6.07, 6.45) is 1.06. The Morgan fingerprint density at radius 1 is 1.47 bits per heavy atom. The first-order chi connectivity index (χ1) is 8.24. The molecular formula is C12H12BrNO3. The normalized spacial score (nSPS) is 22.1. The molecule has 2 atom stereocenters. The van der Waals surface area contributed by atoms with Crippen LogP contribution in [0.15, 0.2) is 27.4 Å². The highest BCUT2D eigenvalue weighted by Gasteiger charge is 2.25. The Kier molecular flexibility index (Phi) is 2.80. The molecule has 17 heavy (non-hydrogen) atoms. The summed E-state index contributed by atoms with van der Waals surface area (Å²) < 4.78 is 10.4. The number of ether oxygens (including phenoxy) is 1. The fourth-order valence-electron chi connectivity index (χ4n) is 2.19. The van der Waals surface area contributed by atoms with Gasteiger partial charge in [-0.25, -0.2) is 4.79 Å². The van der Waals surface area contributed by atoms with E-state index >= 15 is 0 Å². The smallest absolute Gasteiger partial charge is 0.408 e. The zero-order valence-corrected chi connectivity index (χ0v) is 10.7. The monoisotopic (exact) mass is 297 g/mol. The molecule has 3 rings (SSSR count). The van der Waals surface area contributed by atoms with E-state index in [0.29, 0.717) is 11.5 Å². The standard InChI is InChI=1S/C12H12BrNO3/c13-11(8-3-4-16-6-8)7-1-2-9-10(5-7)17-12(15)14-9/h1-2,5,8,11H,3-4,6H2,(H,14,15). The Morgan fingerprint density at radius 3 is 3.12 bits per heavy atom. The lowest BCUT2D eigenvalue weighted by Crippen LogP contribution is -2.06. The Labute approximate surface area is 106 Å². The second-order valence-corrected chi connectivity index (χ2v) is 5.28. The SMILES string of the molecule is O=c1[nH]c2ccc(C(Br)C3CCOC3)cc2o1. The van der Waals surface area contributed by atoms with Gasteiger partial charge in [0, 0.05) is 17.4 Å². The third kappa shape index (κ3) is 2.05. The number of alkyl halides is 1. The number of hydrogen-bond donors (Lipinski definition) is 1. The van der Waals surface area contributed by atoms with E-state index in [9.17, 15) is 4.79 Å². The predicted molar refractivity (Wildman–Crippen MR) is 67.4 cm³/mol. The van der Waals surface area contributed by atoms with E-state index in [1.807, 2.05) is 18.2 Å². The summed E-state index contributed by atoms with van der Waals surface area (Å²) in [5.74, 6) is 0.0746. The average Bonchev–Trinajstić information content (AvgIpc) is 2.94. The van der Waals surface area contributed by atoms with Crippen LogP contribution < -0.4 is 5.76 Å². The Morgan fingerprint density at radius 2 is 2.35 bits per heavy atom. The molecule has 1 aliphatic heterocycles. The zero-order valence-electron chi connectivity index (χ0n) is 9.11. The van der Waals surface area contributed by atoms with Crippen LogP contribution in [0.4, 0.5) is 0 Å². The van der Waals surface area contributed by atoms with Crippen LogP contribution in [0.25, 0.3) is 11.1 Å². The molecule has 2 aromatic rings. The highest BCUT2D eigenvalue weighted by molar-refractivity contribution is 9.09. The third-order valence-electron chi connectivity index (χ3n) is 3.14. The first-order valence-electron chi connectivity index (χ1n) is 5.58. The van der Waals surface area contributed by atoms with Gasteiger partial charge in [0.15, 0.2) is 5.58 Å². The number of nitrogens with one attached hydrogen (secondary N) is 1. The van der Waals surface area contributed by atoms with Crippen LogP contribution in [0.5, 0.6) is 0 Å². The topological polar surface area (TPSA) is 55.2 Å². The van der Waals surface area contributed by atoms with Gasteiger partial charge in [0.1, 0.15) is 0 Å². The summed E-state index contributed by atoms with van der Waals surface area (Å²) in [6.45, 7) is 1.61. The van der Waals surface area contributed by atoms with E-state index < -0.39 is 5.76 Å². The summed E-state index contributed by atoms with van der Waals surface area (Å²) in [7, 11) is 0. The van der Waals surface area contributed by atoms with Gasteiger partial charge in [-0.05, 0) is 24.1 Å². The van der Waals surface area contributed by atoms with Crippen molar-refractivity contribution in [3.05, 3.63) is 34.3 Å². The molecule has 1 saturated heterocycles. The minimum atomic E-state index is -0.410. The second kappa shape index (κ2) is 4.31. The number of aromatic amines is 1. The molecule has 2 heterocycles. The van der Waals surface area contributed by atoms with E-state index in [4.69, 9.17) is 9.15 Å². The maximum absolute atomic E-state index is 11.1. The Balaban J connectivity index is 1.96. The number of rotatable bonds is 2. The molecule has 2 unspecified atom stereocenters. The lowest BCUT2D eigenvalue weighted by molar-refractivity contribution is 0.185. The highest BCUT2D eigenvalue weighted by Crippen LogP contribution is 2.36. The maximum atomic E-state index is 11.1. The molecule has 0 radical (unpaired) electrons. The van der Waals surface area contributed by atoms with Gasteiger partial charge in [-0.3, -0.25) is 4.98 Å². The number of benzene rings is 1. The van der Waals surface area contributed by atoms with Crippen LogP contribution >= 0.6 is 15.9 Å². The van der Waals surface area contributed by atoms with Crippen molar-refractivity contribution in [2.45, 2.75) is 11.2 Å². The molecule has 0 bridgehead atoms. The number of hydrogen-bond acceptors (Lipinski definition) is 3. The summed E-state index contributed by atoms with van der Waals surface area (Å²) in [4.78, 5) is 13.9. The molecule has 0 saturated carbocycles. The van der Waals surface area contributed by atoms with Gasteiger partial charge in [-0.15, -0.1) is 0 Å². The Hall–Kier alpha value is -1.07. The lowest BCUT2D eigenvalue weighted by Gasteiger charge is -2.15. The molecule has 4 nitrogen and oxygen atoms in total. The van der Waals surface area contributed by atoms with Crippen molar-refractivity contribution in [2.24, 2.45) is 5.92 Å². The number of fused-ring (bicyclic) bond motifs is 1. The largest absolute Gasteiger partial charge is 0.417 e. The summed E-state index contributed by atoms with van der Waals surface area (Å²) in [6, 6.07) is 5.79. The third-order valence-corrected chi connectivity index (χ3v) is 4.42. The minimum Gasteiger partial charge on any atom is -0.408 e. The van der Waals surface area contributed by atoms with E-state index in [0.717, 1.165) is 30.7 Å². The van der Waals surface area contributed by atoms with E-state index in [-0.39, 0.29) is 4.83 Å². The van der Waals surface area contributed by atoms with Gasteiger partial charge in [-0.2, -0.15) is 0 Å². The van der Waals surface area contributed by atoms with Gasteiger partial charge >= 0.3 is 5.76 Å². The molecule has 1 aliphatic rings. The Bertz CT molecular complexity index is 583. The summed E-state index contributed by atoms with van der Waals surface area (Å²) in [5.41, 5.74) is 2.47. The van der Waals surface area contributed by atoms with Gasteiger partial charge in [-0.1, -0.05) is 22.0 Å². The fraction of sp³-hybridized carbons (Fsp3) is 0.417. The second-order valence-electron chi connectivity index (χ2n) is 4.30. The molecule has 5 heteroatoms. The fourth-order valence-corrected chi connectivity index (χ4v) is 2.89. The van der Waals surface area contributed by atoms with Crippen LogP contribution in [-0.4, -0.2) is 18.2 Å². The molecule has 1 aromatic carbocycles. The van der Waals surface area contributed by atoms with Crippen molar-refractivity contribution >= 4 is 27.0 Å². The van der Waals surface area contributed by atoms with Crippen molar-refractivity contribution in [2.75, 3.05) is 13.2 Å². The van der Waals surface area contributed by atoms with E-state index in [1.54, 1.807) is 0 Å². The van der Waals surface area contributed by atoms with E-state index in [1.165, 1.54) is 0 Å². The number of H-pyrrole nitrogens is 1. The minimum absolute atomic E-state index is 0.245. The van der Waals surface area contributed by atoms with Crippen molar-refractivity contribution in [1.29, 1.82) is 0 Å². The van der Waals surface area contributed by atoms with Crippen molar-refractivity contribution < 1.29 is 9.15 Å². The van der Waals surface area contributed by atoms with Gasteiger partial charge in [0.2, 0.25) is 0 Å². The number of aromatic nitrogens is 1. The van der Waals surface area contributed by atoms with Crippen LogP contribution in [0.3, 0.4) is 0 Å². The summed E-state index contributed by atoms with van der Waals surface area (Å²) >= 11 is 3.70. The number of halogens is 1. The number of oxazole rings is 1. The van der Waals surface area contributed by atoms with Crippen LogP contribution in [0, 0.1) is 5.92 Å². The first-order valence-corrected chi connectivity index (χ1v) is 6.50. The quantitative estimate of drug-likeness (QED) is 0.867. The summed E-state index contributed by atoms with van der Waals surface area (Å²) in [5, 5.41) is 0. The molecule has 1 aromatic heterocycles. The van der Waals surface area contributed by atoms with E-state index in [2.05, 4.69) is 20.9 Å². The molecule has 0 amide bonds. The van der Waals surface area contributed by atoms with Crippen molar-refractivity contribution in [1.82, 2.24) is 4.98 Å². The molecule has 1 fully saturated rings. The lowest BCUT2D eigenvalue weighted by atomic mass is 9.98. The first kappa shape index (κ1) is 11.0. The molecular weight excluding hydrogens is 286 g/mol. The van der Waals surface area contributed by atoms with Gasteiger partial charge in [0.25, 0.3) is 0 Å². The van der Waals surface area contributed by atoms with Crippen LogP contribution in [0.2, 0.25) is 0 Å². The van der Waals surface area contributed by atoms with Crippen LogP contribution in [-0.2, 0) is 4.74 Å².